The zero-order valence-electron chi connectivity index (χ0n) is 11.4. The highest BCUT2D eigenvalue weighted by atomic mass is 19.1. The minimum Gasteiger partial charge on any atom is -0.383 e. The molecule has 0 bridgehead atoms. The molecular weight excluding hydrogens is 233 g/mol. The number of hydrogen-bond acceptors (Lipinski definition) is 4. The first-order chi connectivity index (χ1) is 8.69. The molecule has 4 nitrogen and oxygen atoms in total. The van der Waals surface area contributed by atoms with Gasteiger partial charge in [-0.3, -0.25) is 0 Å². The summed E-state index contributed by atoms with van der Waals surface area (Å²) in [6, 6.07) is 1.54. The third-order valence-corrected chi connectivity index (χ3v) is 2.64. The molecule has 0 aliphatic heterocycles. The van der Waals surface area contributed by atoms with Gasteiger partial charge < -0.3 is 15.0 Å². The molecule has 0 saturated carbocycles. The topological polar surface area (TPSA) is 37.4 Å². The molecule has 0 unspecified atom stereocenters. The summed E-state index contributed by atoms with van der Waals surface area (Å²) in [5.41, 5.74) is 0.877. The summed E-state index contributed by atoms with van der Waals surface area (Å²) in [7, 11) is 3.60. The molecule has 18 heavy (non-hydrogen) atoms. The lowest BCUT2D eigenvalue weighted by Crippen LogP contribution is -2.26. The normalized spacial score (nSPS) is 10.7. The summed E-state index contributed by atoms with van der Waals surface area (Å²) in [6.45, 7) is 5.00. The molecule has 0 atom stereocenters. The molecule has 1 rings (SSSR count). The average Bonchev–Trinajstić information content (AvgIpc) is 2.36. The van der Waals surface area contributed by atoms with E-state index in [-0.39, 0.29) is 5.82 Å². The Hall–Kier alpha value is -1.20. The summed E-state index contributed by atoms with van der Waals surface area (Å²) in [5, 5.41) is 3.27. The number of aromatic nitrogens is 1. The Morgan fingerprint density at radius 3 is 2.94 bits per heavy atom. The van der Waals surface area contributed by atoms with Crippen molar-refractivity contribution < 1.29 is 9.13 Å². The second-order valence-electron chi connectivity index (χ2n) is 4.23. The third-order valence-electron chi connectivity index (χ3n) is 2.64. The molecule has 0 fully saturated rings. The van der Waals surface area contributed by atoms with Gasteiger partial charge in [0.15, 0.2) is 0 Å². The SMILES string of the molecule is CCCNCc1cc(F)cnc1N(C)CCOC. The predicted molar refractivity (Wildman–Crippen MR) is 71.3 cm³/mol. The minimum absolute atomic E-state index is 0.299. The molecule has 5 heteroatoms. The number of hydrogen-bond donors (Lipinski definition) is 1. The van der Waals surface area contributed by atoms with Gasteiger partial charge in [0.1, 0.15) is 11.6 Å². The van der Waals surface area contributed by atoms with Crippen LogP contribution in [0.3, 0.4) is 0 Å². The zero-order valence-corrected chi connectivity index (χ0v) is 11.4. The van der Waals surface area contributed by atoms with Gasteiger partial charge in [0.25, 0.3) is 0 Å². The monoisotopic (exact) mass is 255 g/mol. The highest BCUT2D eigenvalue weighted by Gasteiger charge is 2.10. The molecule has 0 aromatic carbocycles. The molecule has 1 aromatic rings. The maximum atomic E-state index is 13.2. The maximum absolute atomic E-state index is 13.2. The lowest BCUT2D eigenvalue weighted by molar-refractivity contribution is 0.206. The summed E-state index contributed by atoms with van der Waals surface area (Å²) < 4.78 is 18.3. The van der Waals surface area contributed by atoms with Crippen molar-refractivity contribution in [3.8, 4) is 0 Å². The third kappa shape index (κ3) is 4.58. The van der Waals surface area contributed by atoms with Crippen LogP contribution >= 0.6 is 0 Å². The van der Waals surface area contributed by atoms with Crippen LogP contribution in [0.5, 0.6) is 0 Å². The van der Waals surface area contributed by atoms with Crippen LogP contribution in [0.25, 0.3) is 0 Å². The van der Waals surface area contributed by atoms with E-state index in [1.54, 1.807) is 7.11 Å². The molecule has 0 radical (unpaired) electrons. The molecule has 1 heterocycles. The van der Waals surface area contributed by atoms with Crippen LogP contribution in [0.4, 0.5) is 10.2 Å². The van der Waals surface area contributed by atoms with Crippen molar-refractivity contribution in [1.82, 2.24) is 10.3 Å². The molecule has 1 N–H and O–H groups in total. The summed E-state index contributed by atoms with van der Waals surface area (Å²) >= 11 is 0. The number of ether oxygens (including phenoxy) is 1. The van der Waals surface area contributed by atoms with E-state index in [1.165, 1.54) is 12.3 Å². The molecular formula is C13H22FN3O. The zero-order chi connectivity index (χ0) is 13.4. The molecule has 0 aliphatic rings. The quantitative estimate of drug-likeness (QED) is 0.719. The maximum Gasteiger partial charge on any atom is 0.141 e. The first-order valence-electron chi connectivity index (χ1n) is 6.24. The summed E-state index contributed by atoms with van der Waals surface area (Å²) in [5.74, 6) is 0.504. The van der Waals surface area contributed by atoms with Gasteiger partial charge in [-0.2, -0.15) is 0 Å². The number of halogens is 1. The Labute approximate surface area is 108 Å². The Balaban J connectivity index is 2.74. The average molecular weight is 255 g/mol. The van der Waals surface area contributed by atoms with Crippen LogP contribution in [0, 0.1) is 5.82 Å². The van der Waals surface area contributed by atoms with Gasteiger partial charge in [-0.1, -0.05) is 6.92 Å². The Morgan fingerprint density at radius 2 is 2.28 bits per heavy atom. The van der Waals surface area contributed by atoms with Crippen LogP contribution in [0.1, 0.15) is 18.9 Å². The minimum atomic E-state index is -0.299. The highest BCUT2D eigenvalue weighted by molar-refractivity contribution is 5.46. The molecule has 0 amide bonds. The van der Waals surface area contributed by atoms with Gasteiger partial charge in [0.05, 0.1) is 12.8 Å². The Bertz CT molecular complexity index is 360. The predicted octanol–water partition coefficient (Wildman–Crippen LogP) is 1.80. The van der Waals surface area contributed by atoms with E-state index in [1.807, 2.05) is 11.9 Å². The van der Waals surface area contributed by atoms with E-state index < -0.39 is 0 Å². The first-order valence-corrected chi connectivity index (χ1v) is 6.24. The van der Waals surface area contributed by atoms with Crippen molar-refractivity contribution in [2.45, 2.75) is 19.9 Å². The van der Waals surface area contributed by atoms with E-state index >= 15 is 0 Å². The van der Waals surface area contributed by atoms with E-state index in [0.717, 1.165) is 30.9 Å². The van der Waals surface area contributed by atoms with Gasteiger partial charge in [-0.25, -0.2) is 9.37 Å². The highest BCUT2D eigenvalue weighted by Crippen LogP contribution is 2.17. The number of nitrogens with one attached hydrogen (secondary N) is 1. The second kappa shape index (κ2) is 8.00. The number of likely N-dealkylation sites (N-methyl/N-ethyl adjacent to an activating group) is 1. The number of rotatable bonds is 8. The van der Waals surface area contributed by atoms with Crippen molar-refractivity contribution >= 4 is 5.82 Å². The summed E-state index contributed by atoms with van der Waals surface area (Å²) in [4.78, 5) is 6.14. The van der Waals surface area contributed by atoms with Crippen LogP contribution in [-0.2, 0) is 11.3 Å². The Kier molecular flexibility index (Phi) is 6.60. The summed E-state index contributed by atoms with van der Waals surface area (Å²) in [6.07, 6.45) is 2.31. The second-order valence-corrected chi connectivity index (χ2v) is 4.23. The van der Waals surface area contributed by atoms with Crippen LogP contribution in [-0.4, -0.2) is 38.8 Å². The smallest absolute Gasteiger partial charge is 0.141 e. The van der Waals surface area contributed by atoms with E-state index in [2.05, 4.69) is 17.2 Å². The number of pyridine rings is 1. The Morgan fingerprint density at radius 1 is 1.50 bits per heavy atom. The van der Waals surface area contributed by atoms with Gasteiger partial charge in [-0.15, -0.1) is 0 Å². The van der Waals surface area contributed by atoms with Crippen molar-refractivity contribution in [3.05, 3.63) is 23.6 Å². The molecule has 0 saturated heterocycles. The fraction of sp³-hybridized carbons (Fsp3) is 0.615. The number of nitrogens with zero attached hydrogens (tertiary/aromatic N) is 2. The van der Waals surface area contributed by atoms with Crippen LogP contribution < -0.4 is 10.2 Å². The first kappa shape index (κ1) is 14.9. The van der Waals surface area contributed by atoms with Crippen molar-refractivity contribution in [2.75, 3.05) is 38.8 Å². The van der Waals surface area contributed by atoms with E-state index in [0.29, 0.717) is 13.2 Å². The molecule has 0 spiro atoms. The number of methoxy groups -OCH3 is 1. The van der Waals surface area contributed by atoms with Crippen molar-refractivity contribution in [3.63, 3.8) is 0 Å². The molecule has 102 valence electrons. The largest absolute Gasteiger partial charge is 0.383 e. The molecule has 0 aliphatic carbocycles. The van der Waals surface area contributed by atoms with Crippen molar-refractivity contribution in [1.29, 1.82) is 0 Å². The lowest BCUT2D eigenvalue weighted by Gasteiger charge is -2.21. The van der Waals surface area contributed by atoms with Gasteiger partial charge in [0, 0.05) is 32.8 Å². The van der Waals surface area contributed by atoms with Crippen LogP contribution in [0.2, 0.25) is 0 Å². The van der Waals surface area contributed by atoms with Crippen LogP contribution in [0.15, 0.2) is 12.3 Å². The lowest BCUT2D eigenvalue weighted by atomic mass is 10.2. The van der Waals surface area contributed by atoms with Crippen molar-refractivity contribution in [2.24, 2.45) is 0 Å². The fourth-order valence-corrected chi connectivity index (χ4v) is 1.68. The number of anilines is 1. The molecule has 1 aromatic heterocycles. The van der Waals surface area contributed by atoms with E-state index in [9.17, 15) is 4.39 Å². The van der Waals surface area contributed by atoms with Gasteiger partial charge in [-0.05, 0) is 19.0 Å². The fourth-order valence-electron chi connectivity index (χ4n) is 1.68. The standard InChI is InChI=1S/C13H22FN3O/c1-4-5-15-9-11-8-12(14)10-16-13(11)17(2)6-7-18-3/h8,10,15H,4-7,9H2,1-3H3. The van der Waals surface area contributed by atoms with Gasteiger partial charge in [0.2, 0.25) is 0 Å². The van der Waals surface area contributed by atoms with Gasteiger partial charge >= 0.3 is 0 Å². The van der Waals surface area contributed by atoms with E-state index in [4.69, 9.17) is 4.74 Å².